The molecule has 0 spiro atoms. The van der Waals surface area contributed by atoms with E-state index in [-0.39, 0.29) is 47.7 Å². The second-order valence-electron chi connectivity index (χ2n) is 12.3. The molecule has 0 aliphatic carbocycles. The number of hydrogen-bond acceptors (Lipinski definition) is 5. The molecule has 2 aromatic carbocycles. The molecule has 244 valence electrons. The van der Waals surface area contributed by atoms with Gasteiger partial charge in [0.15, 0.2) is 0 Å². The van der Waals surface area contributed by atoms with E-state index in [2.05, 4.69) is 16.0 Å². The Kier molecular flexibility index (Phi) is 14.9. The van der Waals surface area contributed by atoms with Gasteiger partial charge in [-0.15, -0.1) is 0 Å². The van der Waals surface area contributed by atoms with Gasteiger partial charge >= 0.3 is 0 Å². The lowest BCUT2D eigenvalue weighted by atomic mass is 9.98. The Morgan fingerprint density at radius 2 is 1.45 bits per heavy atom. The van der Waals surface area contributed by atoms with Crippen LogP contribution in [0.1, 0.15) is 86.2 Å². The quantitative estimate of drug-likeness (QED) is 0.207. The normalized spacial score (nSPS) is 13.5. The van der Waals surface area contributed by atoms with E-state index in [1.165, 1.54) is 6.07 Å². The molecule has 0 aliphatic heterocycles. The number of aliphatic hydroxyl groups is 1. The third-order valence-corrected chi connectivity index (χ3v) is 7.20. The number of amides is 3. The van der Waals surface area contributed by atoms with Crippen molar-refractivity contribution in [1.82, 2.24) is 20.9 Å². The summed E-state index contributed by atoms with van der Waals surface area (Å²) < 4.78 is 28.0. The lowest BCUT2D eigenvalue weighted by Crippen LogP contribution is -2.54. The zero-order valence-electron chi connectivity index (χ0n) is 27.2. The monoisotopic (exact) mass is 616 g/mol. The Labute approximate surface area is 261 Å². The predicted octanol–water partition coefficient (Wildman–Crippen LogP) is 4.62. The number of nitrogens with one attached hydrogen (secondary N) is 3. The number of aliphatic hydroxyl groups excluding tert-OH is 1. The fourth-order valence-corrected chi connectivity index (χ4v) is 5.03. The van der Waals surface area contributed by atoms with Gasteiger partial charge in [-0.25, -0.2) is 8.78 Å². The van der Waals surface area contributed by atoms with Crippen LogP contribution in [0.2, 0.25) is 0 Å². The average molecular weight is 617 g/mol. The fraction of sp³-hybridized carbons (Fsp3) is 0.559. The van der Waals surface area contributed by atoms with Crippen LogP contribution in [0.25, 0.3) is 0 Å². The maximum atomic E-state index is 14.0. The number of carbonyl (C=O) groups is 3. The fourth-order valence-electron chi connectivity index (χ4n) is 5.03. The second kappa shape index (κ2) is 17.8. The molecule has 10 heteroatoms. The molecule has 0 radical (unpaired) electrons. The first-order valence-corrected chi connectivity index (χ1v) is 15.6. The van der Waals surface area contributed by atoms with Crippen LogP contribution in [-0.4, -0.2) is 72.1 Å². The Hall–Kier alpha value is -3.37. The van der Waals surface area contributed by atoms with Crippen LogP contribution in [0.3, 0.4) is 0 Å². The molecule has 0 saturated carbocycles. The molecule has 2 rings (SSSR count). The molecule has 2 aromatic rings. The maximum absolute atomic E-state index is 14.0. The van der Waals surface area contributed by atoms with Gasteiger partial charge in [-0.3, -0.25) is 14.4 Å². The van der Waals surface area contributed by atoms with E-state index in [0.29, 0.717) is 30.8 Å². The topological polar surface area (TPSA) is 111 Å². The third kappa shape index (κ3) is 11.6. The molecule has 3 atom stereocenters. The molecule has 0 saturated heterocycles. The number of benzene rings is 2. The highest BCUT2D eigenvalue weighted by Gasteiger charge is 2.28. The summed E-state index contributed by atoms with van der Waals surface area (Å²) in [6.45, 7) is 15.2. The van der Waals surface area contributed by atoms with Gasteiger partial charge in [0.1, 0.15) is 11.6 Å². The van der Waals surface area contributed by atoms with Gasteiger partial charge in [-0.1, -0.05) is 41.5 Å². The summed E-state index contributed by atoms with van der Waals surface area (Å²) in [6.07, 6.45) is 0.305. The lowest BCUT2D eigenvalue weighted by molar-refractivity contribution is -0.124. The first kappa shape index (κ1) is 36.8. The van der Waals surface area contributed by atoms with Crippen molar-refractivity contribution in [3.8, 4) is 0 Å². The van der Waals surface area contributed by atoms with Gasteiger partial charge in [-0.2, -0.15) is 0 Å². The average Bonchev–Trinajstić information content (AvgIpc) is 2.94. The highest BCUT2D eigenvalue weighted by atomic mass is 19.1. The van der Waals surface area contributed by atoms with Gasteiger partial charge in [0.05, 0.1) is 18.2 Å². The SMILES string of the molecule is CCCN(CCC)C(=O)c1cc(C)cc(C(=O)N[C@@H](Cc2cc(F)cc(F)c2)[C@H](O)CN[C@H](C(=O)NCC(C)C)C(C)C)c1. The molecule has 0 bridgehead atoms. The van der Waals surface area contributed by atoms with Gasteiger partial charge in [-0.05, 0) is 79.5 Å². The van der Waals surface area contributed by atoms with Crippen molar-refractivity contribution in [3.05, 3.63) is 70.3 Å². The van der Waals surface area contributed by atoms with Crippen molar-refractivity contribution in [3.63, 3.8) is 0 Å². The number of hydrogen-bond donors (Lipinski definition) is 4. The van der Waals surface area contributed by atoms with Crippen LogP contribution >= 0.6 is 0 Å². The molecule has 8 nitrogen and oxygen atoms in total. The van der Waals surface area contributed by atoms with Crippen LogP contribution < -0.4 is 16.0 Å². The minimum absolute atomic E-state index is 0.0682. The molecule has 44 heavy (non-hydrogen) atoms. The number of nitrogens with zero attached hydrogens (tertiary/aromatic N) is 1. The first-order valence-electron chi connectivity index (χ1n) is 15.6. The summed E-state index contributed by atoms with van der Waals surface area (Å²) in [7, 11) is 0. The Bertz CT molecular complexity index is 1230. The van der Waals surface area contributed by atoms with Crippen molar-refractivity contribution in [2.24, 2.45) is 11.8 Å². The van der Waals surface area contributed by atoms with E-state index in [4.69, 9.17) is 0 Å². The van der Waals surface area contributed by atoms with Gasteiger partial charge in [0, 0.05) is 43.4 Å². The van der Waals surface area contributed by atoms with Crippen molar-refractivity contribution in [1.29, 1.82) is 0 Å². The summed E-state index contributed by atoms with van der Waals surface area (Å²) >= 11 is 0. The minimum Gasteiger partial charge on any atom is -0.390 e. The van der Waals surface area contributed by atoms with Crippen LogP contribution in [0.5, 0.6) is 0 Å². The highest BCUT2D eigenvalue weighted by molar-refractivity contribution is 6.00. The zero-order chi connectivity index (χ0) is 33.0. The number of rotatable bonds is 17. The van der Waals surface area contributed by atoms with Gasteiger partial charge in [0.2, 0.25) is 5.91 Å². The number of carbonyl (C=O) groups excluding carboxylic acids is 3. The Morgan fingerprint density at radius 1 is 0.864 bits per heavy atom. The molecule has 0 heterocycles. The Morgan fingerprint density at radius 3 is 2.00 bits per heavy atom. The van der Waals surface area contributed by atoms with Crippen LogP contribution in [0.15, 0.2) is 36.4 Å². The second-order valence-corrected chi connectivity index (χ2v) is 12.3. The third-order valence-electron chi connectivity index (χ3n) is 7.20. The van der Waals surface area contributed by atoms with E-state index in [9.17, 15) is 28.3 Å². The van der Waals surface area contributed by atoms with Crippen molar-refractivity contribution >= 4 is 17.7 Å². The lowest BCUT2D eigenvalue weighted by Gasteiger charge is -2.28. The van der Waals surface area contributed by atoms with Gasteiger partial charge in [0.25, 0.3) is 11.8 Å². The van der Waals surface area contributed by atoms with Crippen molar-refractivity contribution in [2.75, 3.05) is 26.2 Å². The largest absolute Gasteiger partial charge is 0.390 e. The standard InChI is InChI=1S/C34H50F2N4O4/c1-8-10-40(11-9-2)34(44)26-13-23(7)12-25(17-26)32(42)39-29(16-24-14-27(35)18-28(36)15-24)30(41)20-37-31(22(5)6)33(43)38-19-21(3)4/h12-15,17-18,21-22,29-31,37,41H,8-11,16,19-20H2,1-7H3,(H,38,43)(H,39,42)/t29-,30+,31-/m0/s1. The van der Waals surface area contributed by atoms with E-state index in [1.807, 2.05) is 41.5 Å². The summed E-state index contributed by atoms with van der Waals surface area (Å²) in [5.74, 6) is -2.29. The van der Waals surface area contributed by atoms with E-state index in [1.54, 1.807) is 24.0 Å². The van der Waals surface area contributed by atoms with Crippen molar-refractivity contribution in [2.45, 2.75) is 85.9 Å². The van der Waals surface area contributed by atoms with Crippen LogP contribution in [-0.2, 0) is 11.2 Å². The van der Waals surface area contributed by atoms with Crippen molar-refractivity contribution < 1.29 is 28.3 Å². The highest BCUT2D eigenvalue weighted by Crippen LogP contribution is 2.16. The molecule has 3 amide bonds. The molecule has 0 unspecified atom stereocenters. The zero-order valence-corrected chi connectivity index (χ0v) is 27.2. The van der Waals surface area contributed by atoms with E-state index >= 15 is 0 Å². The number of halogens is 2. The smallest absolute Gasteiger partial charge is 0.253 e. The van der Waals surface area contributed by atoms with Crippen LogP contribution in [0, 0.1) is 30.4 Å². The summed E-state index contributed by atoms with van der Waals surface area (Å²) in [5, 5.41) is 20.1. The minimum atomic E-state index is -1.22. The number of aryl methyl sites for hydroxylation is 1. The molecule has 0 aromatic heterocycles. The predicted molar refractivity (Wildman–Crippen MR) is 169 cm³/mol. The van der Waals surface area contributed by atoms with E-state index < -0.39 is 35.7 Å². The molecular formula is C34H50F2N4O4. The molecule has 0 aliphatic rings. The molecular weight excluding hydrogens is 566 g/mol. The Balaban J connectivity index is 2.33. The summed E-state index contributed by atoms with van der Waals surface area (Å²) in [5.41, 5.74) is 1.57. The molecule has 0 fully saturated rings. The first-order chi connectivity index (χ1) is 20.7. The van der Waals surface area contributed by atoms with Gasteiger partial charge < -0.3 is 26.0 Å². The molecule has 4 N–H and O–H groups in total. The van der Waals surface area contributed by atoms with Crippen LogP contribution in [0.4, 0.5) is 8.78 Å². The summed E-state index contributed by atoms with van der Waals surface area (Å²) in [4.78, 5) is 41.4. The maximum Gasteiger partial charge on any atom is 0.253 e. The summed E-state index contributed by atoms with van der Waals surface area (Å²) in [6, 6.07) is 6.39. The van der Waals surface area contributed by atoms with E-state index in [0.717, 1.165) is 31.0 Å².